The van der Waals surface area contributed by atoms with Crippen molar-refractivity contribution >= 4 is 23.3 Å². The highest BCUT2D eigenvalue weighted by Crippen LogP contribution is 2.27. The molecular weight excluding hydrogens is 292 g/mol. The van der Waals surface area contributed by atoms with E-state index >= 15 is 0 Å². The number of halogens is 2. The second kappa shape index (κ2) is 6.23. The molecule has 6 heteroatoms. The number of fused-ring (bicyclic) bond motifs is 1. The first-order valence-electron chi connectivity index (χ1n) is 7.04. The quantitative estimate of drug-likeness (QED) is 0.839. The molecule has 1 heterocycles. The third-order valence-electron chi connectivity index (χ3n) is 3.45. The van der Waals surface area contributed by atoms with Crippen molar-refractivity contribution < 1.29 is 8.78 Å². The molecule has 0 saturated carbocycles. The predicted octanol–water partition coefficient (Wildman–Crippen LogP) is 4.13. The summed E-state index contributed by atoms with van der Waals surface area (Å²) in [7, 11) is 3.92. The highest BCUT2D eigenvalue weighted by Gasteiger charge is 2.21. The molecule has 0 amide bonds. The van der Waals surface area contributed by atoms with Gasteiger partial charge in [-0.15, -0.1) is 0 Å². The lowest BCUT2D eigenvalue weighted by Crippen LogP contribution is -2.26. The molecular formula is C15H21F2N3S. The van der Waals surface area contributed by atoms with Crippen molar-refractivity contribution in [3.63, 3.8) is 0 Å². The molecule has 116 valence electrons. The zero-order valence-electron chi connectivity index (χ0n) is 12.8. The van der Waals surface area contributed by atoms with Gasteiger partial charge in [-0.1, -0.05) is 13.8 Å². The van der Waals surface area contributed by atoms with E-state index in [0.717, 1.165) is 19.0 Å². The molecule has 3 nitrogen and oxygen atoms in total. The number of nitrogens with one attached hydrogen (secondary N) is 1. The average Bonchev–Trinajstić information content (AvgIpc) is 2.69. The second-order valence-corrected chi connectivity index (χ2v) is 6.49. The van der Waals surface area contributed by atoms with Gasteiger partial charge in [0.2, 0.25) is 0 Å². The summed E-state index contributed by atoms with van der Waals surface area (Å²) >= 11 is 5.34. The number of rotatable bonds is 5. The number of benzene rings is 1. The van der Waals surface area contributed by atoms with Crippen LogP contribution in [0.4, 0.5) is 8.78 Å². The van der Waals surface area contributed by atoms with Crippen molar-refractivity contribution in [1.82, 2.24) is 14.5 Å². The zero-order valence-corrected chi connectivity index (χ0v) is 13.6. The summed E-state index contributed by atoms with van der Waals surface area (Å²) in [6, 6.07) is 2.65. The summed E-state index contributed by atoms with van der Waals surface area (Å²) in [5.74, 6) is -1.26. The maximum absolute atomic E-state index is 14.2. The molecule has 0 radical (unpaired) electrons. The van der Waals surface area contributed by atoms with Crippen LogP contribution in [0.15, 0.2) is 12.1 Å². The molecule has 1 aromatic carbocycles. The Labute approximate surface area is 128 Å². The summed E-state index contributed by atoms with van der Waals surface area (Å²) in [5, 5.41) is 0. The first-order valence-corrected chi connectivity index (χ1v) is 7.45. The fourth-order valence-corrected chi connectivity index (χ4v) is 3.08. The maximum atomic E-state index is 14.2. The zero-order chi connectivity index (χ0) is 15.7. The molecule has 0 aliphatic rings. The van der Waals surface area contributed by atoms with E-state index in [4.69, 9.17) is 12.2 Å². The first-order chi connectivity index (χ1) is 9.81. The number of imidazole rings is 1. The van der Waals surface area contributed by atoms with E-state index in [1.165, 1.54) is 6.07 Å². The van der Waals surface area contributed by atoms with Crippen molar-refractivity contribution in [2.24, 2.45) is 5.92 Å². The molecule has 0 bridgehead atoms. The third-order valence-corrected chi connectivity index (χ3v) is 3.75. The number of hydrogen-bond acceptors (Lipinski definition) is 2. The number of likely N-dealkylation sites (N-methyl/N-ethyl adjacent to an activating group) is 1. The van der Waals surface area contributed by atoms with Crippen LogP contribution < -0.4 is 0 Å². The van der Waals surface area contributed by atoms with Crippen molar-refractivity contribution in [1.29, 1.82) is 0 Å². The van der Waals surface area contributed by atoms with Crippen molar-refractivity contribution in [3.8, 4) is 0 Å². The molecule has 0 aliphatic carbocycles. The second-order valence-electron chi connectivity index (χ2n) is 6.10. The normalized spacial score (nSPS) is 13.5. The van der Waals surface area contributed by atoms with E-state index in [1.54, 1.807) is 4.57 Å². The Morgan fingerprint density at radius 2 is 1.95 bits per heavy atom. The van der Waals surface area contributed by atoms with E-state index in [0.29, 0.717) is 16.2 Å². The van der Waals surface area contributed by atoms with E-state index in [1.807, 2.05) is 19.0 Å². The smallest absolute Gasteiger partial charge is 0.184 e. The minimum Gasteiger partial charge on any atom is -0.330 e. The largest absolute Gasteiger partial charge is 0.330 e. The molecule has 0 aliphatic heterocycles. The fraction of sp³-hybridized carbons (Fsp3) is 0.533. The molecule has 2 rings (SSSR count). The van der Waals surface area contributed by atoms with Crippen LogP contribution >= 0.6 is 12.2 Å². The molecule has 0 saturated heterocycles. The highest BCUT2D eigenvalue weighted by molar-refractivity contribution is 7.71. The Hall–Kier alpha value is -1.27. The lowest BCUT2D eigenvalue weighted by molar-refractivity contribution is 0.290. The van der Waals surface area contributed by atoms with Gasteiger partial charge in [0, 0.05) is 12.6 Å². The van der Waals surface area contributed by atoms with Gasteiger partial charge < -0.3 is 14.5 Å². The van der Waals surface area contributed by atoms with Crippen LogP contribution in [0.25, 0.3) is 11.0 Å². The first kappa shape index (κ1) is 16.1. The minimum absolute atomic E-state index is 0.00227. The topological polar surface area (TPSA) is 24.0 Å². The number of aromatic nitrogens is 2. The molecule has 2 aromatic rings. The van der Waals surface area contributed by atoms with E-state index in [2.05, 4.69) is 18.8 Å². The minimum atomic E-state index is -0.849. The monoisotopic (exact) mass is 313 g/mol. The Morgan fingerprint density at radius 3 is 2.52 bits per heavy atom. The van der Waals surface area contributed by atoms with Crippen LogP contribution in [0.5, 0.6) is 0 Å². The van der Waals surface area contributed by atoms with Gasteiger partial charge in [0.15, 0.2) is 16.4 Å². The lowest BCUT2D eigenvalue weighted by Gasteiger charge is -2.25. The molecule has 1 aromatic heterocycles. The molecule has 1 unspecified atom stereocenters. The van der Waals surface area contributed by atoms with Gasteiger partial charge in [-0.3, -0.25) is 0 Å². The molecule has 1 N–H and O–H groups in total. The predicted molar refractivity (Wildman–Crippen MR) is 84.1 cm³/mol. The lowest BCUT2D eigenvalue weighted by atomic mass is 10.0. The van der Waals surface area contributed by atoms with Crippen LogP contribution in [0.3, 0.4) is 0 Å². The number of nitrogens with zero attached hydrogens (tertiary/aromatic N) is 2. The average molecular weight is 313 g/mol. The Morgan fingerprint density at radius 1 is 1.29 bits per heavy atom. The van der Waals surface area contributed by atoms with Gasteiger partial charge in [0.1, 0.15) is 5.52 Å². The maximum Gasteiger partial charge on any atom is 0.184 e. The van der Waals surface area contributed by atoms with Crippen LogP contribution in [0.2, 0.25) is 0 Å². The summed E-state index contributed by atoms with van der Waals surface area (Å²) in [4.78, 5) is 5.01. The standard InChI is InChI=1S/C15H21F2N3S/c1-9(2)7-10(8-19(3)4)20-14-12(18-15(20)21)6-5-11(16)13(14)17/h5-6,9-10H,7-8H2,1-4H3,(H,18,21). The SMILES string of the molecule is CC(C)CC(CN(C)C)n1c(=S)[nH]c2ccc(F)c(F)c21. The summed E-state index contributed by atoms with van der Waals surface area (Å²) in [5.41, 5.74) is 0.763. The Balaban J connectivity index is 2.63. The van der Waals surface area contributed by atoms with Crippen molar-refractivity contribution in [2.45, 2.75) is 26.3 Å². The number of hydrogen-bond donors (Lipinski definition) is 1. The van der Waals surface area contributed by atoms with Crippen LogP contribution in [-0.2, 0) is 0 Å². The van der Waals surface area contributed by atoms with E-state index in [9.17, 15) is 8.78 Å². The third kappa shape index (κ3) is 3.32. The summed E-state index contributed by atoms with van der Waals surface area (Å²) < 4.78 is 30.0. The molecule has 0 spiro atoms. The molecule has 1 atom stereocenters. The van der Waals surface area contributed by atoms with Crippen LogP contribution in [0, 0.1) is 22.3 Å². The number of H-pyrrole nitrogens is 1. The Bertz CT molecular complexity index is 678. The molecule has 0 fully saturated rings. The molecule has 21 heavy (non-hydrogen) atoms. The van der Waals surface area contributed by atoms with Crippen LogP contribution in [-0.4, -0.2) is 35.1 Å². The van der Waals surface area contributed by atoms with Gasteiger partial charge in [0.05, 0.1) is 5.52 Å². The van der Waals surface area contributed by atoms with Gasteiger partial charge in [-0.2, -0.15) is 0 Å². The fourth-order valence-electron chi connectivity index (χ4n) is 2.73. The van der Waals surface area contributed by atoms with Crippen molar-refractivity contribution in [3.05, 3.63) is 28.5 Å². The van der Waals surface area contributed by atoms with Gasteiger partial charge in [0.25, 0.3) is 0 Å². The van der Waals surface area contributed by atoms with E-state index in [-0.39, 0.29) is 11.6 Å². The summed E-state index contributed by atoms with van der Waals surface area (Å²) in [6.07, 6.45) is 0.843. The summed E-state index contributed by atoms with van der Waals surface area (Å²) in [6.45, 7) is 4.94. The van der Waals surface area contributed by atoms with Gasteiger partial charge in [-0.25, -0.2) is 8.78 Å². The Kier molecular flexibility index (Phi) is 4.78. The van der Waals surface area contributed by atoms with Gasteiger partial charge >= 0.3 is 0 Å². The van der Waals surface area contributed by atoms with Crippen LogP contribution in [0.1, 0.15) is 26.3 Å². The highest BCUT2D eigenvalue weighted by atomic mass is 32.1. The number of aromatic amines is 1. The van der Waals surface area contributed by atoms with Crippen molar-refractivity contribution in [2.75, 3.05) is 20.6 Å². The van der Waals surface area contributed by atoms with Gasteiger partial charge in [-0.05, 0) is 50.8 Å². The van der Waals surface area contributed by atoms with E-state index < -0.39 is 11.6 Å².